The molecule has 20 heavy (non-hydrogen) atoms. The Bertz CT molecular complexity index is 296. The molecule has 0 saturated heterocycles. The summed E-state index contributed by atoms with van der Waals surface area (Å²) >= 11 is 0. The minimum absolute atomic E-state index is 0.340. The molecule has 0 heteroatoms. The van der Waals surface area contributed by atoms with Crippen LogP contribution in [-0.2, 0) is 0 Å². The van der Waals surface area contributed by atoms with E-state index >= 15 is 0 Å². The third kappa shape index (κ3) is 2.46. The minimum atomic E-state index is 0.340. The summed E-state index contributed by atoms with van der Waals surface area (Å²) in [4.78, 5) is 0. The van der Waals surface area contributed by atoms with E-state index in [1.54, 1.807) is 0 Å². The summed E-state index contributed by atoms with van der Waals surface area (Å²) in [5.74, 6) is 0. The zero-order chi connectivity index (χ0) is 16.0. The average Bonchev–Trinajstić information content (AvgIpc) is 2.26. The van der Waals surface area contributed by atoms with Gasteiger partial charge in [0.15, 0.2) is 0 Å². The van der Waals surface area contributed by atoms with Gasteiger partial charge in [-0.05, 0) is 39.9 Å². The Morgan fingerprint density at radius 2 is 0.800 bits per heavy atom. The highest BCUT2D eigenvalue weighted by molar-refractivity contribution is 5.09. The van der Waals surface area contributed by atoms with Crippen LogP contribution in [0.15, 0.2) is 0 Å². The second kappa shape index (κ2) is 5.03. The Balaban J connectivity index is 3.46. The summed E-state index contributed by atoms with van der Waals surface area (Å²) < 4.78 is 0. The molecule has 0 aliphatic heterocycles. The molecule has 0 spiro atoms. The van der Waals surface area contributed by atoms with Gasteiger partial charge in [0, 0.05) is 0 Å². The number of rotatable bonds is 2. The van der Waals surface area contributed by atoms with Crippen molar-refractivity contribution in [3.8, 4) is 0 Å². The topological polar surface area (TPSA) is 0 Å². The molecule has 120 valence electrons. The summed E-state index contributed by atoms with van der Waals surface area (Å²) in [5, 5.41) is 0. The van der Waals surface area contributed by atoms with Gasteiger partial charge < -0.3 is 0 Å². The molecule has 0 radical (unpaired) electrons. The summed E-state index contributed by atoms with van der Waals surface area (Å²) in [6.07, 6.45) is 7.07. The molecule has 0 N–H and O–H groups in total. The Hall–Kier alpha value is 0. The van der Waals surface area contributed by atoms with Crippen LogP contribution < -0.4 is 0 Å². The predicted octanol–water partition coefficient (Wildman–Crippen LogP) is 7.08. The first-order valence-corrected chi connectivity index (χ1v) is 8.71. The van der Waals surface area contributed by atoms with E-state index in [9.17, 15) is 0 Å². The van der Waals surface area contributed by atoms with Crippen LogP contribution in [0.2, 0.25) is 0 Å². The van der Waals surface area contributed by atoms with E-state index in [1.807, 2.05) is 0 Å². The highest BCUT2D eigenvalue weighted by Crippen LogP contribution is 2.69. The van der Waals surface area contributed by atoms with E-state index < -0.39 is 0 Å². The largest absolute Gasteiger partial charge is 0.0596 e. The first-order chi connectivity index (χ1) is 8.71. The van der Waals surface area contributed by atoms with Crippen molar-refractivity contribution in [2.45, 2.75) is 101 Å². The summed E-state index contributed by atoms with van der Waals surface area (Å²) in [5.41, 5.74) is 1.81. The normalized spacial score (nSPS) is 21.9. The maximum absolute atomic E-state index is 2.55. The number of hydrogen-bond donors (Lipinski definition) is 0. The van der Waals surface area contributed by atoms with Gasteiger partial charge in [-0.25, -0.2) is 0 Å². The van der Waals surface area contributed by atoms with Gasteiger partial charge in [0.25, 0.3) is 0 Å². The molecule has 0 aromatic heterocycles. The Morgan fingerprint density at radius 1 is 0.500 bits per heavy atom. The van der Waals surface area contributed by atoms with E-state index in [2.05, 4.69) is 69.2 Å². The van der Waals surface area contributed by atoms with Gasteiger partial charge in [0.05, 0.1) is 0 Å². The van der Waals surface area contributed by atoms with Crippen LogP contribution in [-0.4, -0.2) is 0 Å². The van der Waals surface area contributed by atoms with Crippen LogP contribution in [0.1, 0.15) is 101 Å². The standard InChI is InChI=1S/C20H40/c1-16(2,3)18(7,8)20(14-12-11-13-15-20)19(9,10)17(4,5)6/h11-15H2,1-10H3. The Labute approximate surface area is 129 Å². The first kappa shape index (κ1) is 18.1. The molecule has 0 bridgehead atoms. The molecule has 1 fully saturated rings. The Kier molecular flexibility index (Phi) is 4.54. The van der Waals surface area contributed by atoms with Crippen molar-refractivity contribution >= 4 is 0 Å². The van der Waals surface area contributed by atoms with Gasteiger partial charge in [-0.15, -0.1) is 0 Å². The lowest BCUT2D eigenvalue weighted by atomic mass is 9.38. The molecule has 0 atom stereocenters. The zero-order valence-electron chi connectivity index (χ0n) is 16.0. The van der Waals surface area contributed by atoms with Gasteiger partial charge >= 0.3 is 0 Å². The van der Waals surface area contributed by atoms with Crippen LogP contribution in [0.4, 0.5) is 0 Å². The van der Waals surface area contributed by atoms with Gasteiger partial charge in [0.2, 0.25) is 0 Å². The van der Waals surface area contributed by atoms with Gasteiger partial charge in [-0.2, -0.15) is 0 Å². The SMILES string of the molecule is CC(C)(C)C(C)(C)C1(C(C)(C)C(C)(C)C)CCCCC1. The third-order valence-corrected chi connectivity index (χ3v) is 7.85. The first-order valence-electron chi connectivity index (χ1n) is 8.71. The zero-order valence-corrected chi connectivity index (χ0v) is 16.0. The van der Waals surface area contributed by atoms with E-state index in [-0.39, 0.29) is 0 Å². The molecule has 1 saturated carbocycles. The molecule has 1 rings (SSSR count). The molecule has 1 aliphatic carbocycles. The summed E-state index contributed by atoms with van der Waals surface area (Å²) in [6.45, 7) is 24.9. The molecule has 0 unspecified atom stereocenters. The van der Waals surface area contributed by atoms with Crippen molar-refractivity contribution in [2.24, 2.45) is 27.1 Å². The van der Waals surface area contributed by atoms with E-state index in [1.165, 1.54) is 32.1 Å². The Morgan fingerprint density at radius 3 is 1.05 bits per heavy atom. The smallest absolute Gasteiger partial charge is 0.0185 e. The fourth-order valence-electron chi connectivity index (χ4n) is 4.62. The molecule has 1 aliphatic rings. The second-order valence-corrected chi connectivity index (χ2v) is 10.4. The van der Waals surface area contributed by atoms with Crippen molar-refractivity contribution in [3.05, 3.63) is 0 Å². The van der Waals surface area contributed by atoms with E-state index in [0.29, 0.717) is 27.1 Å². The fourth-order valence-corrected chi connectivity index (χ4v) is 4.62. The van der Waals surface area contributed by atoms with Crippen molar-refractivity contribution < 1.29 is 0 Å². The molecule has 0 amide bonds. The lowest BCUT2D eigenvalue weighted by Gasteiger charge is -2.66. The molecule has 0 heterocycles. The highest BCUT2D eigenvalue weighted by Gasteiger charge is 2.61. The molecule has 0 nitrogen and oxygen atoms in total. The predicted molar refractivity (Wildman–Crippen MR) is 92.0 cm³/mol. The van der Waals surface area contributed by atoms with Gasteiger partial charge in [-0.1, -0.05) is 88.5 Å². The van der Waals surface area contributed by atoms with Gasteiger partial charge in [0.1, 0.15) is 0 Å². The molecule has 0 aromatic carbocycles. The molecule has 0 aromatic rings. The van der Waals surface area contributed by atoms with Crippen LogP contribution in [0.25, 0.3) is 0 Å². The van der Waals surface area contributed by atoms with Crippen molar-refractivity contribution in [3.63, 3.8) is 0 Å². The highest BCUT2D eigenvalue weighted by atomic mass is 14.7. The quantitative estimate of drug-likeness (QED) is 0.507. The maximum atomic E-state index is 2.55. The monoisotopic (exact) mass is 280 g/mol. The van der Waals surface area contributed by atoms with E-state index in [4.69, 9.17) is 0 Å². The van der Waals surface area contributed by atoms with Gasteiger partial charge in [-0.3, -0.25) is 0 Å². The summed E-state index contributed by atoms with van der Waals surface area (Å²) in [6, 6.07) is 0. The fraction of sp³-hybridized carbons (Fsp3) is 1.00. The van der Waals surface area contributed by atoms with Crippen molar-refractivity contribution in [1.82, 2.24) is 0 Å². The average molecular weight is 281 g/mol. The number of hydrogen-bond acceptors (Lipinski definition) is 0. The van der Waals surface area contributed by atoms with Crippen LogP contribution in [0, 0.1) is 27.1 Å². The van der Waals surface area contributed by atoms with Crippen molar-refractivity contribution in [1.29, 1.82) is 0 Å². The molecular formula is C20H40. The van der Waals surface area contributed by atoms with Crippen LogP contribution in [0.5, 0.6) is 0 Å². The second-order valence-electron chi connectivity index (χ2n) is 10.4. The maximum Gasteiger partial charge on any atom is -0.0185 e. The van der Waals surface area contributed by atoms with E-state index in [0.717, 1.165) is 0 Å². The van der Waals surface area contributed by atoms with Crippen molar-refractivity contribution in [2.75, 3.05) is 0 Å². The third-order valence-electron chi connectivity index (χ3n) is 7.85. The minimum Gasteiger partial charge on any atom is -0.0596 e. The molecular weight excluding hydrogens is 240 g/mol. The summed E-state index contributed by atoms with van der Waals surface area (Å²) in [7, 11) is 0. The lowest BCUT2D eigenvalue weighted by molar-refractivity contribution is -0.173. The van der Waals surface area contributed by atoms with Crippen LogP contribution in [0.3, 0.4) is 0 Å². The van der Waals surface area contributed by atoms with Crippen LogP contribution >= 0.6 is 0 Å². The lowest BCUT2D eigenvalue weighted by Crippen LogP contribution is -2.59.